The summed E-state index contributed by atoms with van der Waals surface area (Å²) in [6.07, 6.45) is 1.09. The molecule has 1 heterocycles. The Balaban J connectivity index is 2.21. The lowest BCUT2D eigenvalue weighted by Crippen LogP contribution is -2.19. The zero-order chi connectivity index (χ0) is 15.3. The molecule has 0 aliphatic rings. The van der Waals surface area contributed by atoms with Crippen molar-refractivity contribution in [1.29, 1.82) is 0 Å². The monoisotopic (exact) mass is 323 g/mol. The molecule has 0 saturated heterocycles. The number of rotatable bonds is 6. The van der Waals surface area contributed by atoms with Crippen LogP contribution >= 0.6 is 11.3 Å². The molecular weight excluding hydrogens is 310 g/mol. The number of nitrogens with one attached hydrogen (secondary N) is 1. The highest BCUT2D eigenvalue weighted by atomic mass is 32.2. The lowest BCUT2D eigenvalue weighted by Gasteiger charge is -2.07. The highest BCUT2D eigenvalue weighted by Crippen LogP contribution is 2.14. The van der Waals surface area contributed by atoms with E-state index >= 15 is 0 Å². The molecule has 5 nitrogen and oxygen atoms in total. The number of ketones is 1. The van der Waals surface area contributed by atoms with E-state index in [0.717, 1.165) is 6.08 Å². The third-order valence-electron chi connectivity index (χ3n) is 2.66. The topological polar surface area (TPSA) is 83.5 Å². The van der Waals surface area contributed by atoms with E-state index in [2.05, 4.69) is 0 Å². The molecule has 0 aliphatic carbocycles. The molecule has 2 rings (SSSR count). The molecule has 7 heteroatoms. The van der Waals surface area contributed by atoms with Crippen molar-refractivity contribution < 1.29 is 18.4 Å². The largest absolute Gasteiger partial charge is 0.291 e. The van der Waals surface area contributed by atoms with Gasteiger partial charge in [-0.3, -0.25) is 15.5 Å². The van der Waals surface area contributed by atoms with Crippen LogP contribution in [0.15, 0.2) is 64.5 Å². The minimum absolute atomic E-state index is 0.0720. The lowest BCUT2D eigenvalue weighted by atomic mass is 10.3. The van der Waals surface area contributed by atoms with Crippen LogP contribution in [0.25, 0.3) is 0 Å². The van der Waals surface area contributed by atoms with Crippen molar-refractivity contribution in [1.82, 2.24) is 5.48 Å². The van der Waals surface area contributed by atoms with Crippen LogP contribution in [0.4, 0.5) is 0 Å². The lowest BCUT2D eigenvalue weighted by molar-refractivity contribution is 0.104. The molecule has 2 aromatic rings. The Morgan fingerprint density at radius 2 is 1.90 bits per heavy atom. The van der Waals surface area contributed by atoms with Gasteiger partial charge in [0.25, 0.3) is 0 Å². The van der Waals surface area contributed by atoms with Crippen molar-refractivity contribution in [3.63, 3.8) is 0 Å². The van der Waals surface area contributed by atoms with Crippen LogP contribution in [0.1, 0.15) is 9.67 Å². The van der Waals surface area contributed by atoms with Crippen molar-refractivity contribution in [2.75, 3.05) is 5.75 Å². The Morgan fingerprint density at radius 3 is 2.48 bits per heavy atom. The fraction of sp³-hybridized carbons (Fsp3) is 0.0714. The van der Waals surface area contributed by atoms with Crippen LogP contribution in [0, 0.1) is 0 Å². The maximum absolute atomic E-state index is 12.2. The maximum Gasteiger partial charge on any atom is 0.197 e. The summed E-state index contributed by atoms with van der Waals surface area (Å²) in [6, 6.07) is 11.2. The van der Waals surface area contributed by atoms with Crippen LogP contribution in [-0.4, -0.2) is 25.2 Å². The van der Waals surface area contributed by atoms with Crippen LogP contribution in [0.3, 0.4) is 0 Å². The van der Waals surface area contributed by atoms with E-state index in [0.29, 0.717) is 4.88 Å². The molecule has 1 aromatic heterocycles. The summed E-state index contributed by atoms with van der Waals surface area (Å²) in [4.78, 5) is 12.5. The number of hydrogen-bond acceptors (Lipinski definition) is 6. The Hall–Kier alpha value is -1.96. The third-order valence-corrected chi connectivity index (χ3v) is 5.23. The van der Waals surface area contributed by atoms with E-state index in [-0.39, 0.29) is 16.4 Å². The fourth-order valence-corrected chi connectivity index (χ4v) is 3.60. The molecule has 0 aliphatic heterocycles. The van der Waals surface area contributed by atoms with Gasteiger partial charge in [-0.1, -0.05) is 24.3 Å². The summed E-state index contributed by atoms with van der Waals surface area (Å²) in [6.45, 7) is 0. The second kappa shape index (κ2) is 6.66. The first-order valence-electron chi connectivity index (χ1n) is 5.99. The van der Waals surface area contributed by atoms with Gasteiger partial charge in [0, 0.05) is 6.08 Å². The van der Waals surface area contributed by atoms with Gasteiger partial charge in [0.2, 0.25) is 0 Å². The summed E-state index contributed by atoms with van der Waals surface area (Å²) in [5.74, 6) is -0.838. The predicted molar refractivity (Wildman–Crippen MR) is 80.1 cm³/mol. The number of hydroxylamine groups is 1. The van der Waals surface area contributed by atoms with E-state index < -0.39 is 15.6 Å². The number of allylic oxidation sites excluding steroid dienone is 1. The number of sulfone groups is 1. The van der Waals surface area contributed by atoms with Crippen molar-refractivity contribution in [3.05, 3.63) is 64.5 Å². The van der Waals surface area contributed by atoms with E-state index in [1.54, 1.807) is 41.2 Å². The molecule has 0 spiro atoms. The summed E-state index contributed by atoms with van der Waals surface area (Å²) in [5, 5.41) is 10.8. The molecule has 0 unspecified atom stereocenters. The summed E-state index contributed by atoms with van der Waals surface area (Å²) in [7, 11) is -3.63. The Bertz CT molecular complexity index is 735. The first kappa shape index (κ1) is 15.4. The summed E-state index contributed by atoms with van der Waals surface area (Å²) in [5.41, 5.74) is 1.71. The minimum Gasteiger partial charge on any atom is -0.291 e. The average molecular weight is 323 g/mol. The van der Waals surface area contributed by atoms with Crippen molar-refractivity contribution >= 4 is 27.0 Å². The maximum atomic E-state index is 12.2. The Morgan fingerprint density at radius 1 is 1.19 bits per heavy atom. The zero-order valence-corrected chi connectivity index (χ0v) is 12.5. The van der Waals surface area contributed by atoms with Crippen molar-refractivity contribution in [3.8, 4) is 0 Å². The molecule has 0 saturated carbocycles. The SMILES string of the molecule is O=C(/C=C(\CS(=O)(=O)c1ccccc1)NO)c1cccs1. The molecule has 0 amide bonds. The number of carbonyl (C=O) groups is 1. The summed E-state index contributed by atoms with van der Waals surface area (Å²) >= 11 is 1.24. The molecule has 110 valence electrons. The Kier molecular flexibility index (Phi) is 4.89. The molecule has 2 N–H and O–H groups in total. The minimum atomic E-state index is -3.63. The highest BCUT2D eigenvalue weighted by molar-refractivity contribution is 7.91. The second-order valence-corrected chi connectivity index (χ2v) is 7.13. The molecule has 0 radical (unpaired) electrons. The molecule has 0 atom stereocenters. The molecule has 0 fully saturated rings. The molecule has 0 bridgehead atoms. The Labute approximate surface area is 126 Å². The second-order valence-electron chi connectivity index (χ2n) is 4.20. The van der Waals surface area contributed by atoms with Crippen LogP contribution in [0.5, 0.6) is 0 Å². The van der Waals surface area contributed by atoms with Gasteiger partial charge in [0.1, 0.15) is 0 Å². The smallest absolute Gasteiger partial charge is 0.197 e. The van der Waals surface area contributed by atoms with E-state index in [1.807, 2.05) is 0 Å². The van der Waals surface area contributed by atoms with Gasteiger partial charge in [0.05, 0.1) is 21.2 Å². The number of thiophene rings is 1. The molecule has 21 heavy (non-hydrogen) atoms. The predicted octanol–water partition coefficient (Wildman–Crippen LogP) is 2.27. The first-order chi connectivity index (χ1) is 10.0. The fourth-order valence-electron chi connectivity index (χ4n) is 1.67. The van der Waals surface area contributed by atoms with Crippen molar-refractivity contribution in [2.45, 2.75) is 4.90 Å². The number of carbonyl (C=O) groups excluding carboxylic acids is 1. The van der Waals surface area contributed by atoms with Gasteiger partial charge in [0.15, 0.2) is 15.6 Å². The average Bonchev–Trinajstić information content (AvgIpc) is 3.01. The molecule has 1 aromatic carbocycles. The van der Waals surface area contributed by atoms with Crippen LogP contribution in [-0.2, 0) is 9.84 Å². The summed E-state index contributed by atoms with van der Waals surface area (Å²) < 4.78 is 24.3. The van der Waals surface area contributed by atoms with Gasteiger partial charge in [-0.25, -0.2) is 8.42 Å². The van der Waals surface area contributed by atoms with Crippen LogP contribution < -0.4 is 5.48 Å². The highest BCUT2D eigenvalue weighted by Gasteiger charge is 2.17. The zero-order valence-electron chi connectivity index (χ0n) is 10.9. The quantitative estimate of drug-likeness (QED) is 0.484. The van der Waals surface area contributed by atoms with E-state index in [4.69, 9.17) is 5.21 Å². The van der Waals surface area contributed by atoms with Gasteiger partial charge < -0.3 is 0 Å². The standard InChI is InChI=1S/C14H13NO4S2/c16-13(14-7-4-8-20-14)9-11(15-17)10-21(18,19)12-5-2-1-3-6-12/h1-9,15,17H,10H2/b11-9+. The third kappa shape index (κ3) is 4.01. The van der Waals surface area contributed by atoms with Gasteiger partial charge in [-0.15, -0.1) is 11.3 Å². The van der Waals surface area contributed by atoms with Crippen molar-refractivity contribution in [2.24, 2.45) is 0 Å². The van der Waals surface area contributed by atoms with E-state index in [1.165, 1.54) is 23.5 Å². The van der Waals surface area contributed by atoms with Gasteiger partial charge >= 0.3 is 0 Å². The van der Waals surface area contributed by atoms with Gasteiger partial charge in [-0.05, 0) is 23.6 Å². The van der Waals surface area contributed by atoms with Crippen LogP contribution in [0.2, 0.25) is 0 Å². The van der Waals surface area contributed by atoms with Gasteiger partial charge in [-0.2, -0.15) is 0 Å². The first-order valence-corrected chi connectivity index (χ1v) is 8.52. The molecular formula is C14H13NO4S2. The number of hydrogen-bond donors (Lipinski definition) is 2. The van der Waals surface area contributed by atoms with E-state index in [9.17, 15) is 13.2 Å². The number of benzene rings is 1. The normalized spacial score (nSPS) is 12.1.